The smallest absolute Gasteiger partial charge is 0.331 e. The Bertz CT molecular complexity index is 286. The van der Waals surface area contributed by atoms with Gasteiger partial charge < -0.3 is 28.4 Å². The van der Waals surface area contributed by atoms with Crippen LogP contribution in [0.3, 0.4) is 0 Å². The summed E-state index contributed by atoms with van der Waals surface area (Å²) >= 11 is 0. The topological polar surface area (TPSA) is 89.5 Å². The maximum absolute atomic E-state index is 11.2. The van der Waals surface area contributed by atoms with Crippen LogP contribution in [0.15, 0.2) is 12.2 Å². The SMILES string of the molecule is COCCOCCOC(=O)C=CC(=O)OCCOCCOC. The molecule has 8 nitrogen and oxygen atoms in total. The monoisotopic (exact) mass is 320 g/mol. The Morgan fingerprint density at radius 3 is 1.36 bits per heavy atom. The molecular weight excluding hydrogens is 296 g/mol. The fourth-order valence-electron chi connectivity index (χ4n) is 1.12. The van der Waals surface area contributed by atoms with E-state index in [0.717, 1.165) is 12.2 Å². The largest absolute Gasteiger partial charge is 0.460 e. The van der Waals surface area contributed by atoms with Crippen LogP contribution in [0, 0.1) is 0 Å². The Kier molecular flexibility index (Phi) is 14.8. The molecule has 0 bridgehead atoms. The van der Waals surface area contributed by atoms with Crippen molar-refractivity contribution in [1.82, 2.24) is 0 Å². The van der Waals surface area contributed by atoms with Gasteiger partial charge in [0.05, 0.1) is 39.6 Å². The summed E-state index contributed by atoms with van der Waals surface area (Å²) in [6.45, 7) is 2.58. The van der Waals surface area contributed by atoms with Crippen LogP contribution in [-0.4, -0.2) is 79.0 Å². The van der Waals surface area contributed by atoms with Crippen LogP contribution in [0.4, 0.5) is 0 Å². The van der Waals surface area contributed by atoms with E-state index in [2.05, 4.69) is 0 Å². The predicted octanol–water partition coefficient (Wildman–Crippen LogP) is -0.0450. The van der Waals surface area contributed by atoms with E-state index in [4.69, 9.17) is 28.4 Å². The zero-order chi connectivity index (χ0) is 16.5. The quantitative estimate of drug-likeness (QED) is 0.250. The maximum atomic E-state index is 11.2. The lowest BCUT2D eigenvalue weighted by Crippen LogP contribution is -2.12. The number of hydrogen-bond donors (Lipinski definition) is 0. The minimum absolute atomic E-state index is 0.106. The molecule has 0 atom stereocenters. The zero-order valence-electron chi connectivity index (χ0n) is 13.1. The molecule has 0 radical (unpaired) electrons. The van der Waals surface area contributed by atoms with E-state index in [9.17, 15) is 9.59 Å². The fourth-order valence-corrected chi connectivity index (χ4v) is 1.12. The van der Waals surface area contributed by atoms with Gasteiger partial charge in [0, 0.05) is 26.4 Å². The Morgan fingerprint density at radius 2 is 1.00 bits per heavy atom. The lowest BCUT2D eigenvalue weighted by Gasteiger charge is -2.04. The van der Waals surface area contributed by atoms with Crippen LogP contribution in [0.2, 0.25) is 0 Å². The van der Waals surface area contributed by atoms with Gasteiger partial charge in [0.2, 0.25) is 0 Å². The van der Waals surface area contributed by atoms with Crippen LogP contribution >= 0.6 is 0 Å². The lowest BCUT2D eigenvalue weighted by molar-refractivity contribution is -0.142. The molecule has 0 amide bonds. The van der Waals surface area contributed by atoms with E-state index in [1.54, 1.807) is 14.2 Å². The maximum Gasteiger partial charge on any atom is 0.331 e. The number of carbonyl (C=O) groups excluding carboxylic acids is 2. The first-order valence-corrected chi connectivity index (χ1v) is 6.85. The van der Waals surface area contributed by atoms with Gasteiger partial charge >= 0.3 is 11.9 Å². The van der Waals surface area contributed by atoms with Crippen molar-refractivity contribution in [2.24, 2.45) is 0 Å². The molecule has 0 spiro atoms. The fraction of sp³-hybridized carbons (Fsp3) is 0.714. The molecule has 0 N–H and O–H groups in total. The third-order valence-corrected chi connectivity index (χ3v) is 2.16. The first-order valence-electron chi connectivity index (χ1n) is 6.85. The number of hydrogen-bond acceptors (Lipinski definition) is 8. The number of carbonyl (C=O) groups is 2. The van der Waals surface area contributed by atoms with Crippen molar-refractivity contribution >= 4 is 11.9 Å². The average Bonchev–Trinajstić information content (AvgIpc) is 2.52. The first kappa shape index (κ1) is 20.5. The summed E-state index contributed by atoms with van der Waals surface area (Å²) in [5.74, 6) is -1.27. The first-order chi connectivity index (χ1) is 10.7. The zero-order valence-corrected chi connectivity index (χ0v) is 13.1. The Balaban J connectivity index is 3.51. The van der Waals surface area contributed by atoms with E-state index in [1.165, 1.54) is 0 Å². The standard InChI is InChI=1S/C14H24O8/c1-17-5-7-19-9-11-21-13(15)3-4-14(16)22-12-10-20-8-6-18-2/h3-4H,5-12H2,1-2H3. The van der Waals surface area contributed by atoms with Crippen molar-refractivity contribution in [3.63, 3.8) is 0 Å². The second-order valence-corrected chi connectivity index (χ2v) is 3.88. The molecule has 0 fully saturated rings. The van der Waals surface area contributed by atoms with Gasteiger partial charge in [-0.05, 0) is 0 Å². The molecule has 0 aromatic heterocycles. The van der Waals surface area contributed by atoms with E-state index in [0.29, 0.717) is 26.4 Å². The molecule has 0 unspecified atom stereocenters. The number of ether oxygens (including phenoxy) is 6. The number of rotatable bonds is 14. The lowest BCUT2D eigenvalue weighted by atomic mass is 10.5. The highest BCUT2D eigenvalue weighted by Gasteiger charge is 2.01. The summed E-state index contributed by atoms with van der Waals surface area (Å²) in [6.07, 6.45) is 2.01. The van der Waals surface area contributed by atoms with Gasteiger partial charge in [0.1, 0.15) is 13.2 Å². The molecular formula is C14H24O8. The number of methoxy groups -OCH3 is 2. The minimum atomic E-state index is -0.636. The molecule has 0 aliphatic carbocycles. The van der Waals surface area contributed by atoms with Gasteiger partial charge in [-0.2, -0.15) is 0 Å². The number of esters is 2. The van der Waals surface area contributed by atoms with E-state index in [-0.39, 0.29) is 26.4 Å². The van der Waals surface area contributed by atoms with Crippen molar-refractivity contribution in [3.05, 3.63) is 12.2 Å². The summed E-state index contributed by atoms with van der Waals surface area (Å²) < 4.78 is 29.4. The highest BCUT2D eigenvalue weighted by molar-refractivity contribution is 5.91. The van der Waals surface area contributed by atoms with E-state index in [1.807, 2.05) is 0 Å². The van der Waals surface area contributed by atoms with E-state index >= 15 is 0 Å². The normalized spacial score (nSPS) is 10.8. The molecule has 8 heteroatoms. The summed E-state index contributed by atoms with van der Waals surface area (Å²) in [4.78, 5) is 22.5. The van der Waals surface area contributed by atoms with Gasteiger partial charge in [-0.3, -0.25) is 0 Å². The van der Waals surface area contributed by atoms with Crippen molar-refractivity contribution in [1.29, 1.82) is 0 Å². The minimum Gasteiger partial charge on any atom is -0.460 e. The van der Waals surface area contributed by atoms with Crippen LogP contribution < -0.4 is 0 Å². The average molecular weight is 320 g/mol. The van der Waals surface area contributed by atoms with Gasteiger partial charge in [0.25, 0.3) is 0 Å². The van der Waals surface area contributed by atoms with Gasteiger partial charge in [-0.1, -0.05) is 0 Å². The van der Waals surface area contributed by atoms with Gasteiger partial charge in [-0.25, -0.2) is 9.59 Å². The molecule has 22 heavy (non-hydrogen) atoms. The Labute approximate surface area is 130 Å². The molecule has 0 aromatic carbocycles. The second kappa shape index (κ2) is 15.9. The molecule has 0 saturated heterocycles. The van der Waals surface area contributed by atoms with Crippen molar-refractivity contribution < 1.29 is 38.0 Å². The van der Waals surface area contributed by atoms with Gasteiger partial charge in [-0.15, -0.1) is 0 Å². The molecule has 0 aliphatic heterocycles. The second-order valence-electron chi connectivity index (χ2n) is 3.88. The third-order valence-electron chi connectivity index (χ3n) is 2.16. The molecule has 0 aromatic rings. The molecule has 0 aliphatic rings. The van der Waals surface area contributed by atoms with Crippen LogP contribution in [0.1, 0.15) is 0 Å². The van der Waals surface area contributed by atoms with Crippen LogP contribution in [0.25, 0.3) is 0 Å². The summed E-state index contributed by atoms with van der Waals surface area (Å²) in [6, 6.07) is 0. The molecule has 128 valence electrons. The third kappa shape index (κ3) is 14.9. The van der Waals surface area contributed by atoms with Crippen molar-refractivity contribution in [2.75, 3.05) is 67.1 Å². The van der Waals surface area contributed by atoms with Crippen molar-refractivity contribution in [3.8, 4) is 0 Å². The summed E-state index contributed by atoms with van der Waals surface area (Å²) in [5, 5.41) is 0. The van der Waals surface area contributed by atoms with E-state index < -0.39 is 11.9 Å². The van der Waals surface area contributed by atoms with Crippen LogP contribution in [-0.2, 0) is 38.0 Å². The highest BCUT2D eigenvalue weighted by atomic mass is 16.6. The van der Waals surface area contributed by atoms with Crippen LogP contribution in [0.5, 0.6) is 0 Å². The molecule has 0 saturated carbocycles. The summed E-state index contributed by atoms with van der Waals surface area (Å²) in [5.41, 5.74) is 0. The Morgan fingerprint density at radius 1 is 0.636 bits per heavy atom. The van der Waals surface area contributed by atoms with Crippen molar-refractivity contribution in [2.45, 2.75) is 0 Å². The summed E-state index contributed by atoms with van der Waals surface area (Å²) in [7, 11) is 3.14. The molecule has 0 rings (SSSR count). The highest BCUT2D eigenvalue weighted by Crippen LogP contribution is 1.87. The van der Waals surface area contributed by atoms with Gasteiger partial charge in [0.15, 0.2) is 0 Å². The predicted molar refractivity (Wildman–Crippen MR) is 76.4 cm³/mol. The molecule has 0 heterocycles. The Hall–Kier alpha value is -1.48.